The van der Waals surface area contributed by atoms with Crippen molar-refractivity contribution < 1.29 is 4.79 Å². The SMILES string of the molecule is CC(Sc1nnnn1Cc1cccs1)C(=O)NC1CCCc2ccccc21. The van der Waals surface area contributed by atoms with Gasteiger partial charge in [-0.3, -0.25) is 4.79 Å². The van der Waals surface area contributed by atoms with E-state index in [1.165, 1.54) is 27.8 Å². The highest BCUT2D eigenvalue weighted by Crippen LogP contribution is 2.30. The van der Waals surface area contributed by atoms with Crippen molar-refractivity contribution in [3.8, 4) is 0 Å². The number of aryl methyl sites for hydroxylation is 1. The van der Waals surface area contributed by atoms with E-state index in [1.54, 1.807) is 16.0 Å². The highest BCUT2D eigenvalue weighted by atomic mass is 32.2. The Morgan fingerprint density at radius 3 is 3.11 bits per heavy atom. The molecule has 2 atom stereocenters. The Labute approximate surface area is 166 Å². The number of amides is 1. The van der Waals surface area contributed by atoms with Crippen molar-refractivity contribution in [3.05, 3.63) is 57.8 Å². The summed E-state index contributed by atoms with van der Waals surface area (Å²) in [5.74, 6) is 0.0207. The minimum Gasteiger partial charge on any atom is -0.348 e. The van der Waals surface area contributed by atoms with Gasteiger partial charge in [-0.15, -0.1) is 16.4 Å². The first-order valence-corrected chi connectivity index (χ1v) is 10.8. The van der Waals surface area contributed by atoms with Crippen LogP contribution in [0, 0.1) is 0 Å². The Kier molecular flexibility index (Phi) is 5.54. The summed E-state index contributed by atoms with van der Waals surface area (Å²) in [7, 11) is 0. The molecule has 3 aromatic rings. The van der Waals surface area contributed by atoms with Gasteiger partial charge in [-0.05, 0) is 59.2 Å². The van der Waals surface area contributed by atoms with Gasteiger partial charge in [0.1, 0.15) is 0 Å². The number of hydrogen-bond donors (Lipinski definition) is 1. The zero-order valence-electron chi connectivity index (χ0n) is 15.0. The summed E-state index contributed by atoms with van der Waals surface area (Å²) >= 11 is 3.06. The van der Waals surface area contributed by atoms with Crippen molar-refractivity contribution in [1.82, 2.24) is 25.5 Å². The lowest BCUT2D eigenvalue weighted by atomic mass is 9.88. The summed E-state index contributed by atoms with van der Waals surface area (Å²) in [4.78, 5) is 13.9. The maximum atomic E-state index is 12.8. The molecule has 1 aliphatic carbocycles. The molecule has 0 spiro atoms. The number of rotatable bonds is 6. The van der Waals surface area contributed by atoms with Gasteiger partial charge in [-0.1, -0.05) is 42.1 Å². The standard InChI is InChI=1S/C19H21N5OS2/c1-13(27-19-21-22-23-24(19)12-15-8-5-11-26-15)18(25)20-17-10-4-7-14-6-2-3-9-16(14)17/h2-3,5-6,8-9,11,13,17H,4,7,10,12H2,1H3,(H,20,25). The number of benzene rings is 1. The fourth-order valence-corrected chi connectivity index (χ4v) is 4.82. The largest absolute Gasteiger partial charge is 0.348 e. The first-order chi connectivity index (χ1) is 13.2. The van der Waals surface area contributed by atoms with Crippen LogP contribution in [-0.2, 0) is 17.8 Å². The van der Waals surface area contributed by atoms with E-state index < -0.39 is 0 Å². The number of thioether (sulfide) groups is 1. The van der Waals surface area contributed by atoms with Crippen LogP contribution < -0.4 is 5.32 Å². The van der Waals surface area contributed by atoms with Crippen molar-refractivity contribution >= 4 is 29.0 Å². The number of nitrogens with zero attached hydrogens (tertiary/aromatic N) is 4. The third-order valence-corrected chi connectivity index (χ3v) is 6.65. The lowest BCUT2D eigenvalue weighted by molar-refractivity contribution is -0.121. The molecule has 1 aromatic carbocycles. The van der Waals surface area contributed by atoms with Crippen molar-refractivity contribution in [2.45, 2.75) is 49.2 Å². The molecule has 0 saturated heterocycles. The monoisotopic (exact) mass is 399 g/mol. The van der Waals surface area contributed by atoms with E-state index in [0.717, 1.165) is 19.3 Å². The Morgan fingerprint density at radius 1 is 1.37 bits per heavy atom. The molecular formula is C19H21N5OS2. The molecule has 0 fully saturated rings. The average Bonchev–Trinajstić information content (AvgIpc) is 3.35. The molecule has 0 saturated carbocycles. The van der Waals surface area contributed by atoms with Crippen LogP contribution in [0.3, 0.4) is 0 Å². The van der Waals surface area contributed by atoms with Crippen LogP contribution in [0.5, 0.6) is 0 Å². The fourth-order valence-electron chi connectivity index (χ4n) is 3.33. The summed E-state index contributed by atoms with van der Waals surface area (Å²) in [6, 6.07) is 12.5. The van der Waals surface area contributed by atoms with Crippen LogP contribution in [0.2, 0.25) is 0 Å². The molecular weight excluding hydrogens is 378 g/mol. The number of nitrogens with one attached hydrogen (secondary N) is 1. The highest BCUT2D eigenvalue weighted by molar-refractivity contribution is 8.00. The first-order valence-electron chi connectivity index (χ1n) is 9.04. The molecule has 1 N–H and O–H groups in total. The molecule has 4 rings (SSSR count). The summed E-state index contributed by atoms with van der Waals surface area (Å²) < 4.78 is 1.75. The maximum Gasteiger partial charge on any atom is 0.233 e. The molecule has 27 heavy (non-hydrogen) atoms. The fraction of sp³-hybridized carbons (Fsp3) is 0.368. The van der Waals surface area contributed by atoms with Gasteiger partial charge < -0.3 is 5.32 Å². The van der Waals surface area contributed by atoms with Crippen LogP contribution in [0.25, 0.3) is 0 Å². The summed E-state index contributed by atoms with van der Waals surface area (Å²) in [6.07, 6.45) is 3.17. The molecule has 2 heterocycles. The Hall–Kier alpha value is -2.19. The molecule has 6 nitrogen and oxygen atoms in total. The second kappa shape index (κ2) is 8.22. The number of tetrazole rings is 1. The zero-order chi connectivity index (χ0) is 18.6. The Bertz CT molecular complexity index is 908. The van der Waals surface area contributed by atoms with Crippen molar-refractivity contribution in [3.63, 3.8) is 0 Å². The number of aromatic nitrogens is 4. The van der Waals surface area contributed by atoms with Gasteiger partial charge in [0, 0.05) is 4.88 Å². The average molecular weight is 400 g/mol. The van der Waals surface area contributed by atoms with E-state index in [9.17, 15) is 4.79 Å². The lowest BCUT2D eigenvalue weighted by Crippen LogP contribution is -2.36. The third-order valence-electron chi connectivity index (χ3n) is 4.72. The molecule has 0 aliphatic heterocycles. The summed E-state index contributed by atoms with van der Waals surface area (Å²) in [5.41, 5.74) is 2.59. The molecule has 2 unspecified atom stereocenters. The Balaban J connectivity index is 1.40. The van der Waals surface area contributed by atoms with Gasteiger partial charge in [-0.25, -0.2) is 4.68 Å². The van der Waals surface area contributed by atoms with Gasteiger partial charge >= 0.3 is 0 Å². The van der Waals surface area contributed by atoms with Gasteiger partial charge in [-0.2, -0.15) is 0 Å². The number of hydrogen-bond acceptors (Lipinski definition) is 6. The van der Waals surface area contributed by atoms with Crippen LogP contribution in [0.15, 0.2) is 46.9 Å². The molecule has 1 amide bonds. The van der Waals surface area contributed by atoms with Gasteiger partial charge in [0.05, 0.1) is 17.8 Å². The molecule has 0 radical (unpaired) electrons. The predicted molar refractivity (Wildman–Crippen MR) is 107 cm³/mol. The number of carbonyl (C=O) groups is 1. The topological polar surface area (TPSA) is 72.7 Å². The normalized spacial score (nSPS) is 17.3. The molecule has 2 aromatic heterocycles. The maximum absolute atomic E-state index is 12.8. The van der Waals surface area contributed by atoms with Crippen LogP contribution in [0.4, 0.5) is 0 Å². The zero-order valence-corrected chi connectivity index (χ0v) is 16.7. The van der Waals surface area contributed by atoms with Crippen LogP contribution in [0.1, 0.15) is 41.8 Å². The van der Waals surface area contributed by atoms with E-state index in [2.05, 4.69) is 45.1 Å². The molecule has 1 aliphatic rings. The van der Waals surface area contributed by atoms with Crippen LogP contribution in [-0.4, -0.2) is 31.4 Å². The molecule has 140 valence electrons. The first kappa shape index (κ1) is 18.2. The quantitative estimate of drug-likeness (QED) is 0.643. The van der Waals surface area contributed by atoms with Gasteiger partial charge in [0.2, 0.25) is 11.1 Å². The van der Waals surface area contributed by atoms with Crippen molar-refractivity contribution in [2.24, 2.45) is 0 Å². The number of fused-ring (bicyclic) bond motifs is 1. The van der Waals surface area contributed by atoms with Crippen LogP contribution >= 0.6 is 23.1 Å². The smallest absolute Gasteiger partial charge is 0.233 e. The summed E-state index contributed by atoms with van der Waals surface area (Å²) in [6.45, 7) is 2.52. The minimum atomic E-state index is -0.271. The highest BCUT2D eigenvalue weighted by Gasteiger charge is 2.25. The molecule has 0 bridgehead atoms. The van der Waals surface area contributed by atoms with E-state index in [4.69, 9.17) is 0 Å². The summed E-state index contributed by atoms with van der Waals surface area (Å²) in [5, 5.41) is 17.6. The van der Waals surface area contributed by atoms with Crippen molar-refractivity contribution in [2.75, 3.05) is 0 Å². The minimum absolute atomic E-state index is 0.0207. The van der Waals surface area contributed by atoms with Gasteiger partial charge in [0.15, 0.2) is 0 Å². The Morgan fingerprint density at radius 2 is 2.26 bits per heavy atom. The number of thiophene rings is 1. The van der Waals surface area contributed by atoms with E-state index in [-0.39, 0.29) is 17.2 Å². The van der Waals surface area contributed by atoms with E-state index in [0.29, 0.717) is 11.7 Å². The molecule has 8 heteroatoms. The lowest BCUT2D eigenvalue weighted by Gasteiger charge is -2.27. The second-order valence-corrected chi connectivity index (χ2v) is 8.95. The predicted octanol–water partition coefficient (Wildman–Crippen LogP) is 3.46. The van der Waals surface area contributed by atoms with Crippen molar-refractivity contribution in [1.29, 1.82) is 0 Å². The third kappa shape index (κ3) is 4.22. The second-order valence-electron chi connectivity index (χ2n) is 6.61. The van der Waals surface area contributed by atoms with E-state index in [1.807, 2.05) is 24.4 Å². The van der Waals surface area contributed by atoms with E-state index >= 15 is 0 Å². The number of carbonyl (C=O) groups excluding carboxylic acids is 1. The van der Waals surface area contributed by atoms with Gasteiger partial charge in [0.25, 0.3) is 0 Å².